The van der Waals surface area contributed by atoms with Gasteiger partial charge in [0.25, 0.3) is 0 Å². The average Bonchev–Trinajstić information content (AvgIpc) is 2.03. The Balaban J connectivity index is 2.47. The van der Waals surface area contributed by atoms with E-state index in [0.717, 1.165) is 31.4 Å². The van der Waals surface area contributed by atoms with Crippen molar-refractivity contribution in [3.8, 4) is 0 Å². The van der Waals surface area contributed by atoms with E-state index in [0.29, 0.717) is 0 Å². The van der Waals surface area contributed by atoms with Gasteiger partial charge >= 0.3 is 0 Å². The summed E-state index contributed by atoms with van der Waals surface area (Å²) < 4.78 is 0. The zero-order valence-corrected chi connectivity index (χ0v) is 7.60. The molecule has 12 heavy (non-hydrogen) atoms. The summed E-state index contributed by atoms with van der Waals surface area (Å²) in [6, 6.07) is 0. The summed E-state index contributed by atoms with van der Waals surface area (Å²) in [5, 5.41) is 13.5. The van der Waals surface area contributed by atoms with E-state index in [-0.39, 0.29) is 5.11 Å². The summed E-state index contributed by atoms with van der Waals surface area (Å²) >= 11 is 4.58. The minimum Gasteiger partial charge on any atom is -0.387 e. The molecule has 0 aromatic carbocycles. The minimum absolute atomic E-state index is 0.139. The van der Waals surface area contributed by atoms with Crippen molar-refractivity contribution in [2.45, 2.75) is 31.8 Å². The highest BCUT2D eigenvalue weighted by atomic mass is 32.1. The highest BCUT2D eigenvalue weighted by Crippen LogP contribution is 2.14. The third kappa shape index (κ3) is 2.75. The lowest BCUT2D eigenvalue weighted by molar-refractivity contribution is 0.214. The van der Waals surface area contributed by atoms with E-state index in [1.165, 1.54) is 0 Å². The lowest BCUT2D eigenvalue weighted by Crippen LogP contribution is -2.31. The number of hydrazone groups is 1. The Labute approximate surface area is 76.8 Å². The first-order valence-corrected chi connectivity index (χ1v) is 4.41. The summed E-state index contributed by atoms with van der Waals surface area (Å²) in [7, 11) is 0. The van der Waals surface area contributed by atoms with E-state index < -0.39 is 6.10 Å². The Kier molecular flexibility index (Phi) is 3.43. The summed E-state index contributed by atoms with van der Waals surface area (Å²) in [5.41, 5.74) is 8.43. The number of nitrogens with two attached hydrogens (primary N) is 1. The van der Waals surface area contributed by atoms with Crippen LogP contribution in [0.4, 0.5) is 0 Å². The van der Waals surface area contributed by atoms with Gasteiger partial charge in [-0.2, -0.15) is 5.10 Å². The Bertz CT molecular complexity index is 205. The van der Waals surface area contributed by atoms with Gasteiger partial charge in [-0.1, -0.05) is 6.42 Å². The molecule has 4 nitrogen and oxygen atoms in total. The molecule has 0 bridgehead atoms. The Morgan fingerprint density at radius 1 is 1.67 bits per heavy atom. The van der Waals surface area contributed by atoms with Crippen LogP contribution in [0.3, 0.4) is 0 Å². The number of hydrogen-bond donors (Lipinski definition) is 3. The summed E-state index contributed by atoms with van der Waals surface area (Å²) in [5.74, 6) is 0. The Morgan fingerprint density at radius 2 is 2.42 bits per heavy atom. The maximum absolute atomic E-state index is 9.43. The zero-order valence-electron chi connectivity index (χ0n) is 6.79. The second-order valence-electron chi connectivity index (χ2n) is 2.84. The minimum atomic E-state index is -0.416. The molecule has 0 spiro atoms. The maximum atomic E-state index is 9.43. The van der Waals surface area contributed by atoms with Crippen LogP contribution in [0, 0.1) is 0 Å². The van der Waals surface area contributed by atoms with Crippen LogP contribution >= 0.6 is 12.2 Å². The second-order valence-corrected chi connectivity index (χ2v) is 3.28. The quantitative estimate of drug-likeness (QED) is 0.402. The summed E-state index contributed by atoms with van der Waals surface area (Å²) in [4.78, 5) is 0. The van der Waals surface area contributed by atoms with Crippen LogP contribution in [0.2, 0.25) is 0 Å². The Morgan fingerprint density at radius 3 is 3.00 bits per heavy atom. The highest BCUT2D eigenvalue weighted by Gasteiger charge is 2.17. The van der Waals surface area contributed by atoms with Crippen LogP contribution in [0.25, 0.3) is 0 Å². The van der Waals surface area contributed by atoms with Gasteiger partial charge in [0.15, 0.2) is 5.11 Å². The van der Waals surface area contributed by atoms with Gasteiger partial charge in [0.05, 0.1) is 11.8 Å². The van der Waals surface area contributed by atoms with E-state index in [4.69, 9.17) is 5.73 Å². The second kappa shape index (κ2) is 4.37. The van der Waals surface area contributed by atoms with Crippen molar-refractivity contribution in [2.24, 2.45) is 10.8 Å². The molecule has 4 N–H and O–H groups in total. The summed E-state index contributed by atoms with van der Waals surface area (Å²) in [6.07, 6.45) is 3.34. The molecule has 0 aromatic heterocycles. The SMILES string of the molecule is NC(=S)N/N=C1/CCCCC1O. The molecule has 1 fully saturated rings. The van der Waals surface area contributed by atoms with E-state index in [9.17, 15) is 5.11 Å². The van der Waals surface area contributed by atoms with Crippen LogP contribution in [-0.4, -0.2) is 22.0 Å². The van der Waals surface area contributed by atoms with Gasteiger partial charge in [-0.25, -0.2) is 0 Å². The first-order chi connectivity index (χ1) is 5.70. The maximum Gasteiger partial charge on any atom is 0.184 e. The predicted molar refractivity (Wildman–Crippen MR) is 51.8 cm³/mol. The smallest absolute Gasteiger partial charge is 0.184 e. The number of aliphatic hydroxyl groups excluding tert-OH is 1. The van der Waals surface area contributed by atoms with Gasteiger partial charge in [-0.15, -0.1) is 0 Å². The molecule has 0 heterocycles. The van der Waals surface area contributed by atoms with E-state index >= 15 is 0 Å². The fourth-order valence-corrected chi connectivity index (χ4v) is 1.28. The van der Waals surface area contributed by atoms with Crippen molar-refractivity contribution >= 4 is 23.0 Å². The molecule has 0 saturated heterocycles. The molecule has 1 saturated carbocycles. The van der Waals surface area contributed by atoms with Gasteiger partial charge in [0, 0.05) is 0 Å². The third-order valence-corrected chi connectivity index (χ3v) is 1.95. The van der Waals surface area contributed by atoms with Crippen LogP contribution in [0.1, 0.15) is 25.7 Å². The predicted octanol–water partition coefficient (Wildman–Crippen LogP) is 0.110. The molecular formula is C7H13N3OS. The average molecular weight is 187 g/mol. The van der Waals surface area contributed by atoms with Crippen molar-refractivity contribution in [1.82, 2.24) is 5.43 Å². The topological polar surface area (TPSA) is 70.6 Å². The molecule has 0 aliphatic heterocycles. The molecule has 68 valence electrons. The van der Waals surface area contributed by atoms with Gasteiger partial charge in [0.1, 0.15) is 0 Å². The first-order valence-electron chi connectivity index (χ1n) is 4.00. The van der Waals surface area contributed by atoms with E-state index in [1.807, 2.05) is 0 Å². The fourth-order valence-electron chi connectivity index (χ4n) is 1.23. The standard InChI is InChI=1S/C7H13N3OS/c8-7(12)10-9-5-3-1-2-4-6(5)11/h6,11H,1-4H2,(H3,8,10,12)/b9-5-. The molecule has 1 atom stereocenters. The van der Waals surface area contributed by atoms with Gasteiger partial charge < -0.3 is 10.8 Å². The van der Waals surface area contributed by atoms with Crippen molar-refractivity contribution < 1.29 is 5.11 Å². The van der Waals surface area contributed by atoms with Crippen LogP contribution in [-0.2, 0) is 0 Å². The van der Waals surface area contributed by atoms with Crippen molar-refractivity contribution in [2.75, 3.05) is 0 Å². The van der Waals surface area contributed by atoms with Gasteiger partial charge in [-0.05, 0) is 31.5 Å². The molecular weight excluding hydrogens is 174 g/mol. The normalized spacial score (nSPS) is 27.1. The van der Waals surface area contributed by atoms with Crippen LogP contribution < -0.4 is 11.2 Å². The number of nitrogens with zero attached hydrogens (tertiary/aromatic N) is 1. The van der Waals surface area contributed by atoms with Gasteiger partial charge in [-0.3, -0.25) is 5.43 Å². The number of nitrogens with one attached hydrogen (secondary N) is 1. The van der Waals surface area contributed by atoms with E-state index in [1.54, 1.807) is 0 Å². The number of rotatable bonds is 1. The van der Waals surface area contributed by atoms with Crippen molar-refractivity contribution in [1.29, 1.82) is 0 Å². The van der Waals surface area contributed by atoms with Crippen LogP contribution in [0.5, 0.6) is 0 Å². The molecule has 1 unspecified atom stereocenters. The number of hydrogen-bond acceptors (Lipinski definition) is 3. The molecule has 0 amide bonds. The first kappa shape index (κ1) is 9.41. The monoisotopic (exact) mass is 187 g/mol. The van der Waals surface area contributed by atoms with Crippen molar-refractivity contribution in [3.63, 3.8) is 0 Å². The van der Waals surface area contributed by atoms with Crippen LogP contribution in [0.15, 0.2) is 5.10 Å². The molecule has 0 radical (unpaired) electrons. The fraction of sp³-hybridized carbons (Fsp3) is 0.714. The van der Waals surface area contributed by atoms with Crippen molar-refractivity contribution in [3.05, 3.63) is 0 Å². The van der Waals surface area contributed by atoms with Gasteiger partial charge in [0.2, 0.25) is 0 Å². The third-order valence-electron chi connectivity index (χ3n) is 1.85. The molecule has 0 aromatic rings. The molecule has 1 rings (SSSR count). The highest BCUT2D eigenvalue weighted by molar-refractivity contribution is 7.80. The zero-order chi connectivity index (χ0) is 8.97. The van der Waals surface area contributed by atoms with E-state index in [2.05, 4.69) is 22.7 Å². The Hall–Kier alpha value is -0.680. The number of aliphatic hydroxyl groups is 1. The molecule has 1 aliphatic carbocycles. The number of thiocarbonyl (C=S) groups is 1. The lowest BCUT2D eigenvalue weighted by Gasteiger charge is -2.18. The lowest BCUT2D eigenvalue weighted by atomic mass is 9.96. The molecule has 1 aliphatic rings. The molecule has 5 heteroatoms. The summed E-state index contributed by atoms with van der Waals surface area (Å²) in [6.45, 7) is 0. The largest absolute Gasteiger partial charge is 0.387 e.